The minimum Gasteiger partial charge on any atom is -0.384 e. The quantitative estimate of drug-likeness (QED) is 0.882. The molecule has 1 amide bonds. The van der Waals surface area contributed by atoms with E-state index in [0.717, 1.165) is 29.9 Å². The maximum Gasteiger partial charge on any atom is 0.251 e. The predicted molar refractivity (Wildman–Crippen MR) is 99.9 cm³/mol. The third-order valence-electron chi connectivity index (χ3n) is 4.39. The molecule has 130 valence electrons. The Kier molecular flexibility index (Phi) is 4.86. The Balaban J connectivity index is 1.62. The molecule has 0 radical (unpaired) electrons. The van der Waals surface area contributed by atoms with E-state index in [4.69, 9.17) is 0 Å². The number of hydrazone groups is 1. The zero-order valence-corrected chi connectivity index (χ0v) is 14.6. The molecule has 1 aliphatic heterocycles. The minimum atomic E-state index is -1.11. The third-order valence-corrected chi connectivity index (χ3v) is 4.39. The van der Waals surface area contributed by atoms with Crippen LogP contribution in [0.4, 0.5) is 5.69 Å². The highest BCUT2D eigenvalue weighted by molar-refractivity contribution is 5.94. The number of amides is 1. The lowest BCUT2D eigenvalue weighted by atomic mass is 9.96. The summed E-state index contributed by atoms with van der Waals surface area (Å²) in [4.78, 5) is 12.3. The van der Waals surface area contributed by atoms with Crippen LogP contribution in [0, 0.1) is 0 Å². The smallest absolute Gasteiger partial charge is 0.251 e. The molecule has 2 N–H and O–H groups in total. The molecule has 5 heteroatoms. The van der Waals surface area contributed by atoms with E-state index < -0.39 is 5.60 Å². The van der Waals surface area contributed by atoms with Crippen molar-refractivity contribution in [1.29, 1.82) is 0 Å². The van der Waals surface area contributed by atoms with Crippen LogP contribution in [0.2, 0.25) is 0 Å². The molecule has 0 saturated carbocycles. The van der Waals surface area contributed by atoms with Crippen LogP contribution in [0.1, 0.15) is 36.2 Å². The fraction of sp³-hybridized carbons (Fsp3) is 0.300. The molecule has 2 aromatic rings. The molecule has 0 fully saturated rings. The van der Waals surface area contributed by atoms with Gasteiger partial charge in [0, 0.05) is 24.2 Å². The second-order valence-corrected chi connectivity index (χ2v) is 6.58. The monoisotopic (exact) mass is 337 g/mol. The van der Waals surface area contributed by atoms with Gasteiger partial charge >= 0.3 is 0 Å². The van der Waals surface area contributed by atoms with Gasteiger partial charge in [-0.1, -0.05) is 30.3 Å². The van der Waals surface area contributed by atoms with Crippen LogP contribution in [-0.2, 0) is 5.60 Å². The predicted octanol–water partition coefficient (Wildman–Crippen LogP) is 2.91. The first kappa shape index (κ1) is 17.2. The van der Waals surface area contributed by atoms with Crippen molar-refractivity contribution in [2.45, 2.75) is 25.9 Å². The van der Waals surface area contributed by atoms with Crippen molar-refractivity contribution in [3.05, 3.63) is 65.7 Å². The zero-order chi connectivity index (χ0) is 17.9. The van der Waals surface area contributed by atoms with E-state index in [1.807, 2.05) is 54.4 Å². The van der Waals surface area contributed by atoms with Crippen molar-refractivity contribution in [3.8, 4) is 0 Å². The van der Waals surface area contributed by atoms with E-state index >= 15 is 0 Å². The summed E-state index contributed by atoms with van der Waals surface area (Å²) in [6.07, 6.45) is 0.969. The number of benzene rings is 2. The molecule has 5 nitrogen and oxygen atoms in total. The van der Waals surface area contributed by atoms with E-state index in [1.54, 1.807) is 19.1 Å². The van der Waals surface area contributed by atoms with Gasteiger partial charge in [0.25, 0.3) is 5.91 Å². The molecule has 0 aromatic heterocycles. The van der Waals surface area contributed by atoms with Crippen molar-refractivity contribution >= 4 is 17.3 Å². The van der Waals surface area contributed by atoms with Crippen LogP contribution < -0.4 is 10.3 Å². The molecule has 1 atom stereocenters. The third kappa shape index (κ3) is 4.06. The Hall–Kier alpha value is -2.66. The average molecular weight is 337 g/mol. The normalized spacial score (nSPS) is 16.3. The van der Waals surface area contributed by atoms with Crippen molar-refractivity contribution < 1.29 is 9.90 Å². The van der Waals surface area contributed by atoms with Gasteiger partial charge < -0.3 is 10.4 Å². The molecule has 1 aliphatic rings. The van der Waals surface area contributed by atoms with Gasteiger partial charge in [-0.15, -0.1) is 0 Å². The number of hydrogen-bond acceptors (Lipinski definition) is 4. The molecule has 2 aromatic carbocycles. The Labute approximate surface area is 148 Å². The van der Waals surface area contributed by atoms with E-state index in [1.165, 1.54) is 0 Å². The molecule has 0 bridgehead atoms. The standard InChI is InChI=1S/C20H23N3O2/c1-15-12-13-23(22-15)18-10-8-16(9-11-18)19(24)21-14-20(2,25)17-6-4-3-5-7-17/h3-11,25H,12-14H2,1-2H3,(H,21,24). The molecular formula is C20H23N3O2. The fourth-order valence-corrected chi connectivity index (χ4v) is 2.80. The molecule has 25 heavy (non-hydrogen) atoms. The summed E-state index contributed by atoms with van der Waals surface area (Å²) in [6.45, 7) is 4.73. The summed E-state index contributed by atoms with van der Waals surface area (Å²) in [5.74, 6) is -0.205. The highest BCUT2D eigenvalue weighted by atomic mass is 16.3. The molecule has 0 saturated heterocycles. The number of rotatable bonds is 5. The Morgan fingerprint density at radius 1 is 1.20 bits per heavy atom. The van der Waals surface area contributed by atoms with Gasteiger partial charge in [-0.2, -0.15) is 5.10 Å². The van der Waals surface area contributed by atoms with Gasteiger partial charge in [0.1, 0.15) is 5.60 Å². The van der Waals surface area contributed by atoms with Crippen LogP contribution in [-0.4, -0.2) is 29.8 Å². The first-order valence-corrected chi connectivity index (χ1v) is 8.43. The topological polar surface area (TPSA) is 64.9 Å². The number of anilines is 1. The summed E-state index contributed by atoms with van der Waals surface area (Å²) in [6, 6.07) is 16.7. The molecule has 3 rings (SSSR count). The second-order valence-electron chi connectivity index (χ2n) is 6.58. The molecular weight excluding hydrogens is 314 g/mol. The maximum absolute atomic E-state index is 12.3. The van der Waals surface area contributed by atoms with E-state index in [2.05, 4.69) is 10.4 Å². The maximum atomic E-state index is 12.3. The van der Waals surface area contributed by atoms with Crippen molar-refractivity contribution in [2.24, 2.45) is 5.10 Å². The number of hydrogen-bond donors (Lipinski definition) is 2. The highest BCUT2D eigenvalue weighted by Gasteiger charge is 2.23. The first-order valence-electron chi connectivity index (χ1n) is 8.43. The number of nitrogens with zero attached hydrogens (tertiary/aromatic N) is 2. The lowest BCUT2D eigenvalue weighted by molar-refractivity contribution is 0.0526. The Bertz CT molecular complexity index is 767. The Morgan fingerprint density at radius 3 is 2.48 bits per heavy atom. The van der Waals surface area contributed by atoms with E-state index in [9.17, 15) is 9.90 Å². The summed E-state index contributed by atoms with van der Waals surface area (Å²) in [7, 11) is 0. The van der Waals surface area contributed by atoms with Crippen molar-refractivity contribution in [1.82, 2.24) is 5.32 Å². The molecule has 1 heterocycles. The van der Waals surface area contributed by atoms with Gasteiger partial charge in [-0.25, -0.2) is 0 Å². The van der Waals surface area contributed by atoms with Crippen LogP contribution in [0.5, 0.6) is 0 Å². The first-order chi connectivity index (χ1) is 12.0. The molecule has 1 unspecified atom stereocenters. The van der Waals surface area contributed by atoms with Gasteiger partial charge in [0.2, 0.25) is 0 Å². The van der Waals surface area contributed by atoms with Crippen LogP contribution in [0.15, 0.2) is 59.7 Å². The largest absolute Gasteiger partial charge is 0.384 e. The van der Waals surface area contributed by atoms with E-state index in [-0.39, 0.29) is 12.5 Å². The van der Waals surface area contributed by atoms with Gasteiger partial charge in [-0.05, 0) is 43.7 Å². The molecule has 0 aliphatic carbocycles. The highest BCUT2D eigenvalue weighted by Crippen LogP contribution is 2.21. The Morgan fingerprint density at radius 2 is 1.88 bits per heavy atom. The SMILES string of the molecule is CC1=NN(c2ccc(C(=O)NCC(C)(O)c3ccccc3)cc2)CC1. The van der Waals surface area contributed by atoms with Crippen molar-refractivity contribution in [3.63, 3.8) is 0 Å². The van der Waals surface area contributed by atoms with Gasteiger partial charge in [0.15, 0.2) is 0 Å². The van der Waals surface area contributed by atoms with Gasteiger partial charge in [0.05, 0.1) is 12.2 Å². The summed E-state index contributed by atoms with van der Waals surface area (Å²) >= 11 is 0. The van der Waals surface area contributed by atoms with E-state index in [0.29, 0.717) is 5.56 Å². The summed E-state index contributed by atoms with van der Waals surface area (Å²) < 4.78 is 0. The lowest BCUT2D eigenvalue weighted by Crippen LogP contribution is -2.38. The number of nitrogens with one attached hydrogen (secondary N) is 1. The minimum absolute atomic E-state index is 0.146. The zero-order valence-electron chi connectivity index (χ0n) is 14.6. The summed E-state index contributed by atoms with van der Waals surface area (Å²) in [5, 5.41) is 19.8. The molecule has 0 spiro atoms. The number of aliphatic hydroxyl groups is 1. The number of carbonyl (C=O) groups excluding carboxylic acids is 1. The van der Waals surface area contributed by atoms with Crippen molar-refractivity contribution in [2.75, 3.05) is 18.1 Å². The summed E-state index contributed by atoms with van der Waals surface area (Å²) in [5.41, 5.74) is 2.31. The van der Waals surface area contributed by atoms with Crippen LogP contribution >= 0.6 is 0 Å². The lowest BCUT2D eigenvalue weighted by Gasteiger charge is -2.24. The van der Waals surface area contributed by atoms with Crippen LogP contribution in [0.25, 0.3) is 0 Å². The average Bonchev–Trinajstić information content (AvgIpc) is 3.07. The van der Waals surface area contributed by atoms with Gasteiger partial charge in [-0.3, -0.25) is 9.80 Å². The number of carbonyl (C=O) groups is 1. The fourth-order valence-electron chi connectivity index (χ4n) is 2.80. The second kappa shape index (κ2) is 7.07. The van der Waals surface area contributed by atoms with Crippen LogP contribution in [0.3, 0.4) is 0 Å².